The van der Waals surface area contributed by atoms with Gasteiger partial charge in [0.15, 0.2) is 0 Å². The molecule has 39 heavy (non-hydrogen) atoms. The van der Waals surface area contributed by atoms with Crippen LogP contribution >= 0.6 is 0 Å². The van der Waals surface area contributed by atoms with Crippen LogP contribution in [0.4, 0.5) is 4.79 Å². The molecule has 1 aliphatic carbocycles. The van der Waals surface area contributed by atoms with Crippen LogP contribution in [0.2, 0.25) is 0 Å². The zero-order valence-corrected chi connectivity index (χ0v) is 21.7. The van der Waals surface area contributed by atoms with Crippen molar-refractivity contribution in [1.29, 1.82) is 0 Å². The van der Waals surface area contributed by atoms with E-state index < -0.39 is 0 Å². The molecule has 1 aromatic heterocycles. The minimum Gasteiger partial charge on any atom is -0.456 e. The third-order valence-electron chi connectivity index (χ3n) is 8.93. The van der Waals surface area contributed by atoms with Crippen molar-refractivity contribution in [3.05, 3.63) is 114 Å². The van der Waals surface area contributed by atoms with Gasteiger partial charge in [-0.3, -0.25) is 4.90 Å². The lowest BCUT2D eigenvalue weighted by atomic mass is 9.83. The van der Waals surface area contributed by atoms with Gasteiger partial charge >= 0.3 is 6.09 Å². The number of rotatable bonds is 3. The molecular weight excluding hydrogens is 482 g/mol. The summed E-state index contributed by atoms with van der Waals surface area (Å²) in [6, 6.07) is 31.9. The van der Waals surface area contributed by atoms with Gasteiger partial charge < -0.3 is 9.15 Å². The smallest absolute Gasteiger partial charge is 0.410 e. The van der Waals surface area contributed by atoms with E-state index in [1.165, 1.54) is 33.4 Å². The summed E-state index contributed by atoms with van der Waals surface area (Å²) in [5.41, 5.74) is 9.36. The first-order valence-corrected chi connectivity index (χ1v) is 14.0. The van der Waals surface area contributed by atoms with Crippen LogP contribution in [0.1, 0.15) is 48.3 Å². The number of carbonyl (C=O) groups excluding carboxylic acids is 1. The van der Waals surface area contributed by atoms with E-state index in [-0.39, 0.29) is 24.1 Å². The molecule has 0 N–H and O–H groups in total. The highest BCUT2D eigenvalue weighted by Crippen LogP contribution is 2.45. The maximum absolute atomic E-state index is 13.6. The fourth-order valence-corrected chi connectivity index (χ4v) is 7.12. The molecule has 4 heteroatoms. The summed E-state index contributed by atoms with van der Waals surface area (Å²) in [4.78, 5) is 15.6. The van der Waals surface area contributed by atoms with Crippen molar-refractivity contribution in [2.45, 2.75) is 43.7 Å². The van der Waals surface area contributed by atoms with E-state index >= 15 is 0 Å². The van der Waals surface area contributed by atoms with E-state index in [1.807, 2.05) is 17.0 Å². The Morgan fingerprint density at radius 2 is 1.54 bits per heavy atom. The third kappa shape index (κ3) is 3.62. The second-order valence-corrected chi connectivity index (χ2v) is 11.1. The summed E-state index contributed by atoms with van der Waals surface area (Å²) in [6.45, 7) is 0.365. The molecule has 0 radical (unpaired) electrons. The van der Waals surface area contributed by atoms with E-state index in [9.17, 15) is 4.79 Å². The average molecular weight is 512 g/mol. The molecule has 1 amide bonds. The summed E-state index contributed by atoms with van der Waals surface area (Å²) in [7, 11) is 0. The topological polar surface area (TPSA) is 42.7 Å². The zero-order chi connectivity index (χ0) is 25.9. The lowest BCUT2D eigenvalue weighted by Gasteiger charge is -2.44. The van der Waals surface area contributed by atoms with Gasteiger partial charge in [0.1, 0.15) is 17.8 Å². The fourth-order valence-electron chi connectivity index (χ4n) is 7.12. The maximum Gasteiger partial charge on any atom is 0.410 e. The van der Waals surface area contributed by atoms with Crippen LogP contribution < -0.4 is 0 Å². The number of ether oxygens (including phenoxy) is 1. The summed E-state index contributed by atoms with van der Waals surface area (Å²) in [6.07, 6.45) is 6.09. The molecule has 1 saturated heterocycles. The summed E-state index contributed by atoms with van der Waals surface area (Å²) in [5, 5.41) is 2.29. The SMILES string of the molecule is O=C(OCC1c2ccccc2-c2ccccc21)N1C2C=C(c3ccc4oc5ccccc5c4c3)CC1CCC2. The summed E-state index contributed by atoms with van der Waals surface area (Å²) < 4.78 is 12.1. The lowest BCUT2D eigenvalue weighted by molar-refractivity contribution is 0.0539. The first kappa shape index (κ1) is 22.7. The molecule has 192 valence electrons. The Labute approximate surface area is 227 Å². The molecular formula is C35H29NO3. The van der Waals surface area contributed by atoms with Crippen molar-refractivity contribution < 1.29 is 13.9 Å². The van der Waals surface area contributed by atoms with E-state index in [0.29, 0.717) is 6.61 Å². The predicted octanol–water partition coefficient (Wildman–Crippen LogP) is 8.55. The van der Waals surface area contributed by atoms with Crippen molar-refractivity contribution in [2.75, 3.05) is 6.61 Å². The van der Waals surface area contributed by atoms with Crippen molar-refractivity contribution in [2.24, 2.45) is 0 Å². The van der Waals surface area contributed by atoms with Gasteiger partial charge in [-0.25, -0.2) is 4.79 Å². The first-order chi connectivity index (χ1) is 19.2. The minimum absolute atomic E-state index is 0.0694. The Bertz CT molecular complexity index is 1730. The highest BCUT2D eigenvalue weighted by Gasteiger charge is 2.39. The number of hydrogen-bond donors (Lipinski definition) is 0. The molecule has 2 bridgehead atoms. The molecule has 2 unspecified atom stereocenters. The Morgan fingerprint density at radius 3 is 2.33 bits per heavy atom. The van der Waals surface area contributed by atoms with Crippen LogP contribution in [0.5, 0.6) is 0 Å². The van der Waals surface area contributed by atoms with Gasteiger partial charge in [0.2, 0.25) is 0 Å². The Balaban J connectivity index is 1.06. The number of nitrogens with zero attached hydrogens (tertiary/aromatic N) is 1. The Kier molecular flexibility index (Phi) is 5.16. The molecule has 8 rings (SSSR count). The number of benzene rings is 4. The van der Waals surface area contributed by atoms with Crippen molar-refractivity contribution in [1.82, 2.24) is 4.90 Å². The van der Waals surface area contributed by atoms with Crippen LogP contribution in [-0.4, -0.2) is 29.7 Å². The molecule has 3 aliphatic rings. The number of para-hydroxylation sites is 1. The number of fused-ring (bicyclic) bond motifs is 8. The highest BCUT2D eigenvalue weighted by molar-refractivity contribution is 6.05. The van der Waals surface area contributed by atoms with Crippen LogP contribution in [0.15, 0.2) is 101 Å². The number of carbonyl (C=O) groups is 1. The van der Waals surface area contributed by atoms with Gasteiger partial charge in [-0.2, -0.15) is 0 Å². The van der Waals surface area contributed by atoms with Crippen LogP contribution in [0.25, 0.3) is 38.6 Å². The Morgan fingerprint density at radius 1 is 0.821 bits per heavy atom. The molecule has 1 fully saturated rings. The fraction of sp³-hybridized carbons (Fsp3) is 0.229. The first-order valence-electron chi connectivity index (χ1n) is 14.0. The van der Waals surface area contributed by atoms with Crippen molar-refractivity contribution >= 4 is 33.6 Å². The largest absolute Gasteiger partial charge is 0.456 e. The van der Waals surface area contributed by atoms with Crippen molar-refractivity contribution in [3.63, 3.8) is 0 Å². The molecule has 3 heterocycles. The molecule has 0 spiro atoms. The van der Waals surface area contributed by atoms with Gasteiger partial charge in [0.25, 0.3) is 0 Å². The average Bonchev–Trinajstić information content (AvgIpc) is 3.50. The summed E-state index contributed by atoms with van der Waals surface area (Å²) >= 11 is 0. The minimum atomic E-state index is -0.182. The van der Waals surface area contributed by atoms with Crippen LogP contribution in [0.3, 0.4) is 0 Å². The van der Waals surface area contributed by atoms with Gasteiger partial charge in [-0.1, -0.05) is 78.9 Å². The standard InChI is InChI=1S/C35H29NO3/c37-35(38-21-32-28-12-3-1-10-26(28)27-11-2-4-13-29(27)32)36-24-8-7-9-25(36)19-23(18-24)22-16-17-34-31(20-22)30-14-5-6-15-33(30)39-34/h1-6,10-18,20,24-25,32H,7-9,19,21H2. The van der Waals surface area contributed by atoms with Crippen molar-refractivity contribution in [3.8, 4) is 11.1 Å². The normalized spacial score (nSPS) is 20.1. The van der Waals surface area contributed by atoms with Crippen LogP contribution in [0, 0.1) is 0 Å². The summed E-state index contributed by atoms with van der Waals surface area (Å²) in [5.74, 6) is 0.0774. The molecule has 2 aliphatic heterocycles. The Hall–Kier alpha value is -4.31. The number of amides is 1. The molecule has 4 aromatic carbocycles. The monoisotopic (exact) mass is 511 g/mol. The van der Waals surface area contributed by atoms with Gasteiger partial charge in [0, 0.05) is 22.7 Å². The van der Waals surface area contributed by atoms with E-state index in [1.54, 1.807) is 0 Å². The van der Waals surface area contributed by atoms with E-state index in [4.69, 9.17) is 9.15 Å². The second-order valence-electron chi connectivity index (χ2n) is 11.1. The molecule has 5 aromatic rings. The third-order valence-corrected chi connectivity index (χ3v) is 8.93. The quantitative estimate of drug-likeness (QED) is 0.244. The van der Waals surface area contributed by atoms with E-state index in [0.717, 1.165) is 47.6 Å². The van der Waals surface area contributed by atoms with Gasteiger partial charge in [-0.15, -0.1) is 0 Å². The highest BCUT2D eigenvalue weighted by atomic mass is 16.6. The number of piperidine rings is 1. The van der Waals surface area contributed by atoms with Gasteiger partial charge in [-0.05, 0) is 77.3 Å². The van der Waals surface area contributed by atoms with E-state index in [2.05, 4.69) is 84.9 Å². The van der Waals surface area contributed by atoms with Gasteiger partial charge in [0.05, 0.1) is 6.04 Å². The maximum atomic E-state index is 13.6. The zero-order valence-electron chi connectivity index (χ0n) is 21.7. The second kappa shape index (κ2) is 8.88. The molecule has 2 atom stereocenters. The molecule has 4 nitrogen and oxygen atoms in total. The predicted molar refractivity (Wildman–Crippen MR) is 155 cm³/mol. The number of hydrogen-bond acceptors (Lipinski definition) is 3. The number of furan rings is 1. The molecule has 0 saturated carbocycles. The lowest BCUT2D eigenvalue weighted by Crippen LogP contribution is -2.51. The van der Waals surface area contributed by atoms with Crippen LogP contribution in [-0.2, 0) is 4.74 Å².